The van der Waals surface area contributed by atoms with Crippen molar-refractivity contribution >= 4 is 11.5 Å². The first-order valence-electron chi connectivity index (χ1n) is 8.00. The number of aromatic hydroxyl groups is 1. The topological polar surface area (TPSA) is 49.3 Å². The van der Waals surface area contributed by atoms with Gasteiger partial charge in [0.25, 0.3) is 0 Å². The summed E-state index contributed by atoms with van der Waals surface area (Å²) in [6.07, 6.45) is 5.52. The average Bonchev–Trinajstić information content (AvgIpc) is 3.04. The number of rotatable bonds is 2. The van der Waals surface area contributed by atoms with Crippen molar-refractivity contribution in [2.45, 2.75) is 25.3 Å². The highest BCUT2D eigenvalue weighted by atomic mass is 16.3. The molecule has 1 aliphatic carbocycles. The van der Waals surface area contributed by atoms with E-state index >= 15 is 0 Å². The standard InChI is InChI=1S/C20H19NO2/c1-12(22)14-7-10-19-18(11-14)16-3-2-4-17(16)20(21-19)13-5-8-15(23)9-6-13/h2-3,5-11,16-17,20-21,23H,4H2,1H3/t16-,17+,20+/m1/s1. The number of carbonyl (C=O) groups is 1. The molecule has 3 heteroatoms. The van der Waals surface area contributed by atoms with Gasteiger partial charge in [0.1, 0.15) is 5.75 Å². The van der Waals surface area contributed by atoms with Crippen LogP contribution >= 0.6 is 0 Å². The third-order valence-corrected chi connectivity index (χ3v) is 5.02. The molecule has 0 spiro atoms. The third kappa shape index (κ3) is 2.33. The Morgan fingerprint density at radius 2 is 1.96 bits per heavy atom. The summed E-state index contributed by atoms with van der Waals surface area (Å²) in [7, 11) is 0. The fourth-order valence-corrected chi connectivity index (χ4v) is 3.83. The van der Waals surface area contributed by atoms with E-state index in [4.69, 9.17) is 0 Å². The first-order valence-corrected chi connectivity index (χ1v) is 8.00. The molecule has 3 nitrogen and oxygen atoms in total. The maximum absolute atomic E-state index is 11.7. The van der Waals surface area contributed by atoms with E-state index in [2.05, 4.69) is 17.5 Å². The number of allylic oxidation sites excluding steroid dienone is 2. The molecule has 116 valence electrons. The van der Waals surface area contributed by atoms with Crippen molar-refractivity contribution in [2.24, 2.45) is 5.92 Å². The molecule has 0 saturated carbocycles. The number of phenolic OH excluding ortho intramolecular Hbond substituents is 1. The highest BCUT2D eigenvalue weighted by Crippen LogP contribution is 2.50. The number of fused-ring (bicyclic) bond motifs is 3. The number of phenols is 1. The van der Waals surface area contributed by atoms with E-state index in [1.807, 2.05) is 30.3 Å². The van der Waals surface area contributed by atoms with E-state index in [1.165, 1.54) is 11.1 Å². The Balaban J connectivity index is 1.77. The minimum Gasteiger partial charge on any atom is -0.508 e. The van der Waals surface area contributed by atoms with Crippen molar-refractivity contribution in [3.8, 4) is 5.75 Å². The lowest BCUT2D eigenvalue weighted by Crippen LogP contribution is -2.29. The molecule has 0 amide bonds. The second-order valence-corrected chi connectivity index (χ2v) is 6.43. The van der Waals surface area contributed by atoms with Gasteiger partial charge in [0.2, 0.25) is 0 Å². The van der Waals surface area contributed by atoms with Crippen molar-refractivity contribution in [1.82, 2.24) is 0 Å². The van der Waals surface area contributed by atoms with Gasteiger partial charge in [0.15, 0.2) is 5.78 Å². The summed E-state index contributed by atoms with van der Waals surface area (Å²) in [6.45, 7) is 1.61. The highest BCUT2D eigenvalue weighted by molar-refractivity contribution is 5.95. The van der Waals surface area contributed by atoms with Crippen molar-refractivity contribution in [2.75, 3.05) is 5.32 Å². The zero-order valence-corrected chi connectivity index (χ0v) is 13.0. The number of ketones is 1. The van der Waals surface area contributed by atoms with E-state index in [-0.39, 0.29) is 17.6 Å². The number of hydrogen-bond acceptors (Lipinski definition) is 3. The van der Waals surface area contributed by atoms with Crippen LogP contribution in [0.15, 0.2) is 54.6 Å². The van der Waals surface area contributed by atoms with Crippen molar-refractivity contribution < 1.29 is 9.90 Å². The van der Waals surface area contributed by atoms with Gasteiger partial charge in [-0.3, -0.25) is 4.79 Å². The van der Waals surface area contributed by atoms with Crippen LogP contribution in [0.3, 0.4) is 0 Å². The number of hydrogen-bond donors (Lipinski definition) is 2. The number of carbonyl (C=O) groups excluding carboxylic acids is 1. The van der Waals surface area contributed by atoms with E-state index in [0.717, 1.165) is 17.7 Å². The molecule has 2 aromatic carbocycles. The van der Waals surface area contributed by atoms with Gasteiger partial charge < -0.3 is 10.4 Å². The van der Waals surface area contributed by atoms with Crippen LogP contribution in [0.4, 0.5) is 5.69 Å². The molecular formula is C20H19NO2. The molecule has 0 saturated heterocycles. The molecule has 4 rings (SSSR count). The molecular weight excluding hydrogens is 286 g/mol. The van der Waals surface area contributed by atoms with Crippen LogP contribution < -0.4 is 5.32 Å². The van der Waals surface area contributed by atoms with Gasteiger partial charge in [0.05, 0.1) is 6.04 Å². The van der Waals surface area contributed by atoms with Gasteiger partial charge in [-0.2, -0.15) is 0 Å². The van der Waals surface area contributed by atoms with Gasteiger partial charge in [-0.05, 0) is 60.7 Å². The van der Waals surface area contributed by atoms with Gasteiger partial charge in [-0.15, -0.1) is 0 Å². The smallest absolute Gasteiger partial charge is 0.159 e. The van der Waals surface area contributed by atoms with Crippen LogP contribution in [0.1, 0.15) is 46.8 Å². The zero-order chi connectivity index (χ0) is 16.0. The third-order valence-electron chi connectivity index (χ3n) is 5.02. The summed E-state index contributed by atoms with van der Waals surface area (Å²) >= 11 is 0. The van der Waals surface area contributed by atoms with Crippen molar-refractivity contribution in [3.05, 3.63) is 71.3 Å². The predicted octanol–water partition coefficient (Wildman–Crippen LogP) is 4.42. The monoisotopic (exact) mass is 305 g/mol. The lowest BCUT2D eigenvalue weighted by molar-refractivity contribution is 0.101. The minimum absolute atomic E-state index is 0.104. The number of Topliss-reactive ketones (excluding diaryl/α,β-unsaturated/α-hetero) is 1. The van der Waals surface area contributed by atoms with Gasteiger partial charge in [-0.25, -0.2) is 0 Å². The first-order chi connectivity index (χ1) is 11.1. The Hall–Kier alpha value is -2.55. The molecule has 0 radical (unpaired) electrons. The summed E-state index contributed by atoms with van der Waals surface area (Å²) in [4.78, 5) is 11.7. The van der Waals surface area contributed by atoms with Gasteiger partial charge >= 0.3 is 0 Å². The lowest BCUT2D eigenvalue weighted by Gasteiger charge is -2.37. The van der Waals surface area contributed by atoms with Crippen molar-refractivity contribution in [3.63, 3.8) is 0 Å². The second-order valence-electron chi connectivity index (χ2n) is 6.43. The SMILES string of the molecule is CC(=O)c1ccc2c(c1)[C@@H]1C=CC[C@@H]1[C@H](c1ccc(O)cc1)N2. The van der Waals surface area contributed by atoms with E-state index < -0.39 is 0 Å². The number of anilines is 1. The predicted molar refractivity (Wildman–Crippen MR) is 90.9 cm³/mol. The Morgan fingerprint density at radius 1 is 1.17 bits per heavy atom. The van der Waals surface area contributed by atoms with E-state index in [0.29, 0.717) is 11.8 Å². The fourth-order valence-electron chi connectivity index (χ4n) is 3.83. The summed E-state index contributed by atoms with van der Waals surface area (Å²) in [5, 5.41) is 13.2. The van der Waals surface area contributed by atoms with Crippen LogP contribution in [-0.4, -0.2) is 10.9 Å². The van der Waals surface area contributed by atoms with Crippen LogP contribution in [0.25, 0.3) is 0 Å². The lowest BCUT2D eigenvalue weighted by atomic mass is 9.76. The molecule has 1 heterocycles. The Labute approximate surface area is 135 Å². The van der Waals surface area contributed by atoms with E-state index in [1.54, 1.807) is 19.1 Å². The van der Waals surface area contributed by atoms with Crippen molar-refractivity contribution in [1.29, 1.82) is 0 Å². The summed E-state index contributed by atoms with van der Waals surface area (Å²) in [5.74, 6) is 1.17. The number of benzene rings is 2. The van der Waals surface area contributed by atoms with Crippen LogP contribution in [-0.2, 0) is 0 Å². The molecule has 23 heavy (non-hydrogen) atoms. The average molecular weight is 305 g/mol. The largest absolute Gasteiger partial charge is 0.508 e. The van der Waals surface area contributed by atoms with Gasteiger partial charge in [0, 0.05) is 17.2 Å². The molecule has 0 fully saturated rings. The normalized spacial score (nSPS) is 24.7. The molecule has 0 aromatic heterocycles. The van der Waals surface area contributed by atoms with Crippen LogP contribution in [0.5, 0.6) is 5.75 Å². The minimum atomic E-state index is 0.104. The van der Waals surface area contributed by atoms with Gasteiger partial charge in [-0.1, -0.05) is 24.3 Å². The summed E-state index contributed by atoms with van der Waals surface area (Å²) in [5.41, 5.74) is 4.27. The van der Waals surface area contributed by atoms with Crippen LogP contribution in [0.2, 0.25) is 0 Å². The summed E-state index contributed by atoms with van der Waals surface area (Å²) < 4.78 is 0. The zero-order valence-electron chi connectivity index (χ0n) is 13.0. The number of nitrogens with one attached hydrogen (secondary N) is 1. The molecule has 3 atom stereocenters. The highest BCUT2D eigenvalue weighted by Gasteiger charge is 2.37. The molecule has 2 aliphatic rings. The fraction of sp³-hybridized carbons (Fsp3) is 0.250. The Bertz CT molecular complexity index is 792. The first kappa shape index (κ1) is 14.1. The quantitative estimate of drug-likeness (QED) is 0.638. The van der Waals surface area contributed by atoms with E-state index in [9.17, 15) is 9.90 Å². The molecule has 0 bridgehead atoms. The Kier molecular flexibility index (Phi) is 3.22. The Morgan fingerprint density at radius 3 is 2.70 bits per heavy atom. The maximum atomic E-state index is 11.7. The maximum Gasteiger partial charge on any atom is 0.159 e. The molecule has 2 aromatic rings. The van der Waals surface area contributed by atoms with Crippen LogP contribution in [0, 0.1) is 5.92 Å². The summed E-state index contributed by atoms with van der Waals surface area (Å²) in [6, 6.07) is 13.6. The molecule has 1 aliphatic heterocycles. The molecule has 0 unspecified atom stereocenters. The second kappa shape index (κ2) is 5.27. The molecule has 2 N–H and O–H groups in total.